The summed E-state index contributed by atoms with van der Waals surface area (Å²) in [6.45, 7) is 9.13. The molecule has 3 heteroatoms. The van der Waals surface area contributed by atoms with Crippen molar-refractivity contribution in [3.8, 4) is 0 Å². The van der Waals surface area contributed by atoms with E-state index in [1.165, 1.54) is 0 Å². The Balaban J connectivity index is 3.88. The van der Waals surface area contributed by atoms with Crippen molar-refractivity contribution >= 4 is 17.4 Å². The summed E-state index contributed by atoms with van der Waals surface area (Å²) in [5, 5.41) is 8.96. The number of nitrogens with zero attached hydrogens (tertiary/aromatic N) is 1. The van der Waals surface area contributed by atoms with E-state index in [1.54, 1.807) is 11.0 Å². The predicted molar refractivity (Wildman–Crippen MR) is 51.8 cm³/mol. The van der Waals surface area contributed by atoms with Crippen LogP contribution in [0.15, 0.2) is 12.7 Å². The molecule has 0 aromatic heterocycles. The summed E-state index contributed by atoms with van der Waals surface area (Å²) in [4.78, 5) is 1.72. The van der Waals surface area contributed by atoms with Crippen LogP contribution in [0.5, 0.6) is 0 Å². The van der Waals surface area contributed by atoms with Crippen LogP contribution in [-0.2, 0) is 0 Å². The Bertz CT molecular complexity index is 145. The fraction of sp³-hybridized carbons (Fsp3) is 0.625. The highest BCUT2D eigenvalue weighted by atomic mass is 32.1. The van der Waals surface area contributed by atoms with Crippen molar-refractivity contribution in [2.45, 2.75) is 13.8 Å². The van der Waals surface area contributed by atoms with Gasteiger partial charge >= 0.3 is 0 Å². The molecule has 0 atom stereocenters. The van der Waals surface area contributed by atoms with Gasteiger partial charge < -0.3 is 10.0 Å². The summed E-state index contributed by atoms with van der Waals surface area (Å²) in [5.41, 5.74) is 0. The van der Waals surface area contributed by atoms with E-state index in [0.29, 0.717) is 12.5 Å². The second-order valence-electron chi connectivity index (χ2n) is 2.87. The van der Waals surface area contributed by atoms with Crippen molar-refractivity contribution in [1.29, 1.82) is 0 Å². The molecule has 0 rings (SSSR count). The predicted octanol–water partition coefficient (Wildman–Crippen LogP) is 1.97. The van der Waals surface area contributed by atoms with Crippen molar-refractivity contribution < 1.29 is 5.11 Å². The van der Waals surface area contributed by atoms with Crippen LogP contribution >= 0.6 is 12.2 Å². The SMILES string of the molecule is C=CCN(CC(C)C)C(O)=S. The standard InChI is InChI=1S/C8H15NOS/c1-4-5-9(8(10)11)6-7(2)3/h4,7H,1,5-6H2,2-3H3,(H,10,11). The molecule has 0 heterocycles. The molecule has 0 amide bonds. The maximum Gasteiger partial charge on any atom is 0.257 e. The Kier molecular flexibility index (Phi) is 4.86. The van der Waals surface area contributed by atoms with Crippen molar-refractivity contribution in [2.75, 3.05) is 13.1 Å². The van der Waals surface area contributed by atoms with Crippen LogP contribution in [0.4, 0.5) is 0 Å². The Morgan fingerprint density at radius 2 is 2.27 bits per heavy atom. The highest BCUT2D eigenvalue weighted by Gasteiger charge is 2.06. The van der Waals surface area contributed by atoms with Gasteiger partial charge in [0.15, 0.2) is 0 Å². The Morgan fingerprint density at radius 1 is 1.73 bits per heavy atom. The fourth-order valence-electron chi connectivity index (χ4n) is 0.827. The normalized spacial score (nSPS) is 9.73. The van der Waals surface area contributed by atoms with E-state index >= 15 is 0 Å². The highest BCUT2D eigenvalue weighted by molar-refractivity contribution is 7.79. The van der Waals surface area contributed by atoms with E-state index in [9.17, 15) is 0 Å². The molecule has 0 unspecified atom stereocenters. The van der Waals surface area contributed by atoms with E-state index in [4.69, 9.17) is 5.11 Å². The van der Waals surface area contributed by atoms with Gasteiger partial charge in [-0.2, -0.15) is 0 Å². The molecule has 0 radical (unpaired) electrons. The minimum atomic E-state index is -0.0430. The number of rotatable bonds is 4. The third kappa shape index (κ3) is 4.79. The van der Waals surface area contributed by atoms with Crippen molar-refractivity contribution in [3.63, 3.8) is 0 Å². The highest BCUT2D eigenvalue weighted by Crippen LogP contribution is 1.98. The first-order chi connectivity index (χ1) is 5.07. The molecule has 0 saturated carbocycles. The number of aliphatic hydroxyl groups is 1. The molecule has 0 bridgehead atoms. The van der Waals surface area contributed by atoms with Crippen LogP contribution in [0.1, 0.15) is 13.8 Å². The zero-order chi connectivity index (χ0) is 8.85. The fourth-order valence-corrected chi connectivity index (χ4v) is 0.976. The van der Waals surface area contributed by atoms with Gasteiger partial charge in [-0.05, 0) is 18.1 Å². The van der Waals surface area contributed by atoms with E-state index in [0.717, 1.165) is 6.54 Å². The van der Waals surface area contributed by atoms with Gasteiger partial charge in [-0.25, -0.2) is 0 Å². The molecule has 0 aromatic carbocycles. The van der Waals surface area contributed by atoms with Gasteiger partial charge in [-0.15, -0.1) is 6.58 Å². The van der Waals surface area contributed by atoms with E-state index in [2.05, 4.69) is 32.6 Å². The molecule has 0 aromatic rings. The summed E-state index contributed by atoms with van der Waals surface area (Å²) in [6, 6.07) is 0. The van der Waals surface area contributed by atoms with Crippen LogP contribution in [0.25, 0.3) is 0 Å². The maximum absolute atomic E-state index is 9.00. The third-order valence-corrected chi connectivity index (χ3v) is 1.46. The van der Waals surface area contributed by atoms with Crippen LogP contribution in [0.2, 0.25) is 0 Å². The molecular weight excluding hydrogens is 158 g/mol. The van der Waals surface area contributed by atoms with Crippen molar-refractivity contribution in [2.24, 2.45) is 5.92 Å². The first-order valence-electron chi connectivity index (χ1n) is 3.66. The van der Waals surface area contributed by atoms with Gasteiger partial charge in [0.1, 0.15) is 0 Å². The van der Waals surface area contributed by atoms with E-state index < -0.39 is 0 Å². The lowest BCUT2D eigenvalue weighted by Gasteiger charge is -2.21. The van der Waals surface area contributed by atoms with Gasteiger partial charge in [0.05, 0.1) is 0 Å². The lowest BCUT2D eigenvalue weighted by molar-refractivity contribution is 0.334. The molecule has 0 saturated heterocycles. The lowest BCUT2D eigenvalue weighted by Crippen LogP contribution is -2.32. The molecule has 64 valence electrons. The van der Waals surface area contributed by atoms with Gasteiger partial charge in [0.25, 0.3) is 5.17 Å². The van der Waals surface area contributed by atoms with E-state index in [-0.39, 0.29) is 5.17 Å². The summed E-state index contributed by atoms with van der Waals surface area (Å²) >= 11 is 4.63. The topological polar surface area (TPSA) is 23.5 Å². The summed E-state index contributed by atoms with van der Waals surface area (Å²) < 4.78 is 0. The Labute approximate surface area is 73.5 Å². The van der Waals surface area contributed by atoms with Crippen LogP contribution in [0, 0.1) is 5.92 Å². The minimum Gasteiger partial charge on any atom is -0.486 e. The number of hydrogen-bond acceptors (Lipinski definition) is 1. The second-order valence-corrected chi connectivity index (χ2v) is 3.24. The van der Waals surface area contributed by atoms with E-state index in [1.807, 2.05) is 0 Å². The quantitative estimate of drug-likeness (QED) is 0.519. The molecule has 11 heavy (non-hydrogen) atoms. The summed E-state index contributed by atoms with van der Waals surface area (Å²) in [7, 11) is 0. The monoisotopic (exact) mass is 173 g/mol. The van der Waals surface area contributed by atoms with Gasteiger partial charge in [-0.1, -0.05) is 19.9 Å². The average Bonchev–Trinajstić information content (AvgIpc) is 1.86. The largest absolute Gasteiger partial charge is 0.486 e. The van der Waals surface area contributed by atoms with Crippen LogP contribution in [0.3, 0.4) is 0 Å². The minimum absolute atomic E-state index is 0.0430. The zero-order valence-corrected chi connectivity index (χ0v) is 7.90. The zero-order valence-electron chi connectivity index (χ0n) is 7.08. The van der Waals surface area contributed by atoms with Crippen LogP contribution < -0.4 is 0 Å². The Hall–Kier alpha value is -0.570. The summed E-state index contributed by atoms with van der Waals surface area (Å²) in [6.07, 6.45) is 1.73. The number of thiocarbonyl (C=S) groups is 1. The van der Waals surface area contributed by atoms with Crippen molar-refractivity contribution in [1.82, 2.24) is 4.90 Å². The van der Waals surface area contributed by atoms with Gasteiger partial charge in [0.2, 0.25) is 0 Å². The molecule has 0 spiro atoms. The Morgan fingerprint density at radius 3 is 2.55 bits per heavy atom. The molecule has 2 nitrogen and oxygen atoms in total. The molecule has 0 fully saturated rings. The molecule has 1 N–H and O–H groups in total. The molecule has 0 aliphatic heterocycles. The van der Waals surface area contributed by atoms with Gasteiger partial charge in [0, 0.05) is 13.1 Å². The van der Waals surface area contributed by atoms with Crippen molar-refractivity contribution in [3.05, 3.63) is 12.7 Å². The lowest BCUT2D eigenvalue weighted by atomic mass is 10.2. The van der Waals surface area contributed by atoms with Gasteiger partial charge in [-0.3, -0.25) is 0 Å². The van der Waals surface area contributed by atoms with Crippen LogP contribution in [-0.4, -0.2) is 28.3 Å². The summed E-state index contributed by atoms with van der Waals surface area (Å²) in [5.74, 6) is 0.500. The second kappa shape index (κ2) is 5.13. The smallest absolute Gasteiger partial charge is 0.257 e. The molecule has 0 aliphatic rings. The first kappa shape index (κ1) is 10.4. The third-order valence-electron chi connectivity index (χ3n) is 1.21. The average molecular weight is 173 g/mol. The number of aliphatic hydroxyl groups excluding tert-OH is 1. The maximum atomic E-state index is 9.00. The first-order valence-corrected chi connectivity index (χ1v) is 4.07. The molecule has 0 aliphatic carbocycles. The molecular formula is C8H15NOS. The number of hydrogen-bond donors (Lipinski definition) is 1.